The average molecular weight is 262 g/mol. The number of hydrogen-bond acceptors (Lipinski definition) is 5. The van der Waals surface area contributed by atoms with E-state index in [1.807, 2.05) is 25.7 Å². The molecule has 5 heteroatoms. The second kappa shape index (κ2) is 5.93. The van der Waals surface area contributed by atoms with Crippen LogP contribution in [0.5, 0.6) is 0 Å². The molecular formula is C13H18N4S. The number of aromatic nitrogens is 2. The lowest BCUT2D eigenvalue weighted by molar-refractivity contribution is 0.810. The van der Waals surface area contributed by atoms with Crippen molar-refractivity contribution in [2.45, 2.75) is 20.0 Å². The number of nitrogens with zero attached hydrogens (tertiary/aromatic N) is 3. The summed E-state index contributed by atoms with van der Waals surface area (Å²) in [7, 11) is 3.99. The van der Waals surface area contributed by atoms with Gasteiger partial charge in [-0.15, -0.1) is 11.3 Å². The van der Waals surface area contributed by atoms with E-state index in [0.29, 0.717) is 0 Å². The van der Waals surface area contributed by atoms with Crippen LogP contribution in [0.15, 0.2) is 23.8 Å². The molecule has 0 aliphatic carbocycles. The maximum absolute atomic E-state index is 4.48. The molecule has 0 aliphatic rings. The minimum atomic E-state index is 0.852. The topological polar surface area (TPSA) is 41.0 Å². The van der Waals surface area contributed by atoms with Crippen LogP contribution in [0, 0.1) is 6.92 Å². The van der Waals surface area contributed by atoms with Gasteiger partial charge in [0.1, 0.15) is 5.82 Å². The fourth-order valence-electron chi connectivity index (χ4n) is 1.73. The summed E-state index contributed by atoms with van der Waals surface area (Å²) in [5.41, 5.74) is 4.20. The van der Waals surface area contributed by atoms with Gasteiger partial charge < -0.3 is 10.2 Å². The van der Waals surface area contributed by atoms with Crippen molar-refractivity contribution in [3.8, 4) is 0 Å². The van der Waals surface area contributed by atoms with Crippen LogP contribution in [0.2, 0.25) is 0 Å². The number of hydrogen-bond donors (Lipinski definition) is 1. The van der Waals surface area contributed by atoms with Gasteiger partial charge in [0.15, 0.2) is 0 Å². The lowest BCUT2D eigenvalue weighted by Crippen LogP contribution is -2.17. The highest BCUT2D eigenvalue weighted by atomic mass is 32.1. The molecular weight excluding hydrogens is 244 g/mol. The van der Waals surface area contributed by atoms with Crippen molar-refractivity contribution in [3.05, 3.63) is 40.0 Å². The first kappa shape index (κ1) is 13.0. The highest BCUT2D eigenvalue weighted by molar-refractivity contribution is 7.09. The number of anilines is 1. The van der Waals surface area contributed by atoms with Gasteiger partial charge in [-0.05, 0) is 25.6 Å². The number of pyridine rings is 1. The molecule has 2 rings (SSSR count). The van der Waals surface area contributed by atoms with Gasteiger partial charge in [0.25, 0.3) is 0 Å². The SMILES string of the molecule is CNCc1ccc(N(C)Cc2scnc2C)nc1. The minimum absolute atomic E-state index is 0.852. The predicted octanol–water partition coefficient (Wildman–Crippen LogP) is 2.20. The molecule has 0 aliphatic heterocycles. The quantitative estimate of drug-likeness (QED) is 0.897. The lowest BCUT2D eigenvalue weighted by Gasteiger charge is -2.17. The maximum atomic E-state index is 4.48. The van der Waals surface area contributed by atoms with Crippen molar-refractivity contribution in [1.29, 1.82) is 0 Å². The van der Waals surface area contributed by atoms with E-state index in [9.17, 15) is 0 Å². The van der Waals surface area contributed by atoms with Crippen LogP contribution in [-0.2, 0) is 13.1 Å². The first-order valence-electron chi connectivity index (χ1n) is 5.90. The van der Waals surface area contributed by atoms with Crippen LogP contribution in [0.3, 0.4) is 0 Å². The van der Waals surface area contributed by atoms with Crippen molar-refractivity contribution in [2.24, 2.45) is 0 Å². The minimum Gasteiger partial charge on any atom is -0.354 e. The van der Waals surface area contributed by atoms with Gasteiger partial charge in [0.2, 0.25) is 0 Å². The fraction of sp³-hybridized carbons (Fsp3) is 0.385. The number of rotatable bonds is 5. The van der Waals surface area contributed by atoms with Crippen LogP contribution in [0.25, 0.3) is 0 Å². The third-order valence-electron chi connectivity index (χ3n) is 2.81. The number of aryl methyl sites for hydroxylation is 1. The predicted molar refractivity (Wildman–Crippen MR) is 76.0 cm³/mol. The number of thiazole rings is 1. The molecule has 0 amide bonds. The van der Waals surface area contributed by atoms with Gasteiger partial charge >= 0.3 is 0 Å². The third-order valence-corrected chi connectivity index (χ3v) is 3.73. The van der Waals surface area contributed by atoms with Gasteiger partial charge in [-0.25, -0.2) is 9.97 Å². The summed E-state index contributed by atoms with van der Waals surface area (Å²) in [5, 5.41) is 3.12. The highest BCUT2D eigenvalue weighted by Crippen LogP contribution is 2.18. The van der Waals surface area contributed by atoms with Gasteiger partial charge in [0.05, 0.1) is 17.7 Å². The standard InChI is InChI=1S/C13H18N4S/c1-10-12(18-9-16-10)8-17(3)13-5-4-11(6-14-2)7-15-13/h4-5,7,9,14H,6,8H2,1-3H3. The van der Waals surface area contributed by atoms with Crippen LogP contribution >= 0.6 is 11.3 Å². The molecule has 0 aromatic carbocycles. The molecule has 0 saturated carbocycles. The zero-order valence-electron chi connectivity index (χ0n) is 11.0. The summed E-state index contributed by atoms with van der Waals surface area (Å²) in [6, 6.07) is 4.16. The normalized spacial score (nSPS) is 10.6. The van der Waals surface area contributed by atoms with Gasteiger partial charge in [-0.3, -0.25) is 0 Å². The second-order valence-corrected chi connectivity index (χ2v) is 5.21. The van der Waals surface area contributed by atoms with Gasteiger partial charge in [0, 0.05) is 24.7 Å². The van der Waals surface area contributed by atoms with Crippen molar-refractivity contribution in [2.75, 3.05) is 19.0 Å². The Morgan fingerprint density at radius 2 is 2.17 bits per heavy atom. The molecule has 2 heterocycles. The summed E-state index contributed by atoms with van der Waals surface area (Å²) in [4.78, 5) is 12.2. The maximum Gasteiger partial charge on any atom is 0.128 e. The van der Waals surface area contributed by atoms with Crippen molar-refractivity contribution in [1.82, 2.24) is 15.3 Å². The van der Waals surface area contributed by atoms with E-state index in [-0.39, 0.29) is 0 Å². The van der Waals surface area contributed by atoms with E-state index < -0.39 is 0 Å². The van der Waals surface area contributed by atoms with E-state index in [1.165, 1.54) is 10.4 Å². The van der Waals surface area contributed by atoms with E-state index in [2.05, 4.69) is 39.4 Å². The van der Waals surface area contributed by atoms with E-state index >= 15 is 0 Å². The molecule has 4 nitrogen and oxygen atoms in total. The Hall–Kier alpha value is -1.46. The molecule has 0 atom stereocenters. The molecule has 96 valence electrons. The molecule has 2 aromatic heterocycles. The molecule has 18 heavy (non-hydrogen) atoms. The molecule has 0 saturated heterocycles. The van der Waals surface area contributed by atoms with Crippen molar-refractivity contribution >= 4 is 17.2 Å². The van der Waals surface area contributed by atoms with E-state index in [4.69, 9.17) is 0 Å². The molecule has 0 fully saturated rings. The molecule has 0 unspecified atom stereocenters. The van der Waals surface area contributed by atoms with Crippen molar-refractivity contribution < 1.29 is 0 Å². The first-order chi connectivity index (χ1) is 8.70. The molecule has 0 bridgehead atoms. The fourth-order valence-corrected chi connectivity index (χ4v) is 2.56. The summed E-state index contributed by atoms with van der Waals surface area (Å²) in [5.74, 6) is 0.989. The van der Waals surface area contributed by atoms with E-state index in [0.717, 1.165) is 24.6 Å². The first-order valence-corrected chi connectivity index (χ1v) is 6.78. The Balaban J connectivity index is 2.04. The van der Waals surface area contributed by atoms with Crippen LogP contribution < -0.4 is 10.2 Å². The van der Waals surface area contributed by atoms with Crippen LogP contribution in [0.4, 0.5) is 5.82 Å². The Morgan fingerprint density at radius 1 is 1.33 bits per heavy atom. The van der Waals surface area contributed by atoms with Gasteiger partial charge in [-0.2, -0.15) is 0 Å². The summed E-state index contributed by atoms with van der Waals surface area (Å²) in [6.45, 7) is 3.75. The lowest BCUT2D eigenvalue weighted by atomic mass is 10.2. The summed E-state index contributed by atoms with van der Waals surface area (Å²) < 4.78 is 0. The van der Waals surface area contributed by atoms with Crippen LogP contribution in [-0.4, -0.2) is 24.1 Å². The van der Waals surface area contributed by atoms with Crippen LogP contribution in [0.1, 0.15) is 16.1 Å². The summed E-state index contributed by atoms with van der Waals surface area (Å²) >= 11 is 1.69. The Labute approximate surface area is 112 Å². The third kappa shape index (κ3) is 3.05. The molecule has 2 aromatic rings. The Morgan fingerprint density at radius 3 is 2.72 bits per heavy atom. The zero-order chi connectivity index (χ0) is 13.0. The van der Waals surface area contributed by atoms with Gasteiger partial charge in [-0.1, -0.05) is 6.07 Å². The second-order valence-electron chi connectivity index (χ2n) is 4.27. The monoisotopic (exact) mass is 262 g/mol. The Bertz CT molecular complexity index is 492. The smallest absolute Gasteiger partial charge is 0.128 e. The molecule has 1 N–H and O–H groups in total. The van der Waals surface area contributed by atoms with E-state index in [1.54, 1.807) is 11.3 Å². The largest absolute Gasteiger partial charge is 0.354 e. The average Bonchev–Trinajstić information content (AvgIpc) is 2.76. The zero-order valence-corrected chi connectivity index (χ0v) is 11.8. The highest BCUT2D eigenvalue weighted by Gasteiger charge is 2.07. The summed E-state index contributed by atoms with van der Waals surface area (Å²) in [6.07, 6.45) is 1.92. The van der Waals surface area contributed by atoms with Crippen molar-refractivity contribution in [3.63, 3.8) is 0 Å². The Kier molecular flexibility index (Phi) is 4.28. The molecule has 0 radical (unpaired) electrons. The number of nitrogens with one attached hydrogen (secondary N) is 1. The molecule has 0 spiro atoms.